The van der Waals surface area contributed by atoms with Crippen molar-refractivity contribution < 1.29 is 19.4 Å². The molecule has 5 heteroatoms. The standard InChI is InChI=1S/C13H15NO4/c1-17-11-8-10(13(16)18-2)7-9-3-4-14(5-6-15)12(9)11/h3-4,7-8,15H,5-6H2,1-2H3. The molecular weight excluding hydrogens is 234 g/mol. The van der Waals surface area contributed by atoms with Crippen LogP contribution in [0.4, 0.5) is 0 Å². The van der Waals surface area contributed by atoms with Crippen molar-refractivity contribution in [3.05, 3.63) is 30.0 Å². The van der Waals surface area contributed by atoms with Crippen LogP contribution in [0.25, 0.3) is 10.9 Å². The second-order valence-electron chi connectivity index (χ2n) is 3.84. The third kappa shape index (κ3) is 2.04. The molecule has 0 atom stereocenters. The molecule has 0 fully saturated rings. The Bertz CT molecular complexity index is 574. The number of hydrogen-bond acceptors (Lipinski definition) is 4. The van der Waals surface area contributed by atoms with Gasteiger partial charge >= 0.3 is 5.97 Å². The maximum Gasteiger partial charge on any atom is 0.338 e. The fourth-order valence-corrected chi connectivity index (χ4v) is 1.99. The normalized spacial score (nSPS) is 10.6. The van der Waals surface area contributed by atoms with Crippen LogP contribution in [0.15, 0.2) is 24.4 Å². The molecule has 0 unspecified atom stereocenters. The minimum atomic E-state index is -0.398. The van der Waals surface area contributed by atoms with Crippen molar-refractivity contribution in [2.75, 3.05) is 20.8 Å². The molecule has 0 spiro atoms. The lowest BCUT2D eigenvalue weighted by Gasteiger charge is -2.09. The maximum atomic E-state index is 11.5. The van der Waals surface area contributed by atoms with Gasteiger partial charge in [0.15, 0.2) is 0 Å². The highest BCUT2D eigenvalue weighted by molar-refractivity contribution is 5.97. The summed E-state index contributed by atoms with van der Waals surface area (Å²) in [6, 6.07) is 5.26. The van der Waals surface area contributed by atoms with Crippen molar-refractivity contribution in [1.29, 1.82) is 0 Å². The Hall–Kier alpha value is -2.01. The minimum Gasteiger partial charge on any atom is -0.495 e. The lowest BCUT2D eigenvalue weighted by Crippen LogP contribution is -2.04. The van der Waals surface area contributed by atoms with E-state index in [1.807, 2.05) is 16.8 Å². The summed E-state index contributed by atoms with van der Waals surface area (Å²) >= 11 is 0. The molecule has 5 nitrogen and oxygen atoms in total. The van der Waals surface area contributed by atoms with Gasteiger partial charge in [-0.25, -0.2) is 4.79 Å². The number of ether oxygens (including phenoxy) is 2. The average Bonchev–Trinajstić information content (AvgIpc) is 2.80. The van der Waals surface area contributed by atoms with Gasteiger partial charge in [-0.2, -0.15) is 0 Å². The predicted octanol–water partition coefficient (Wildman–Crippen LogP) is 1.43. The molecule has 0 aliphatic heterocycles. The molecule has 0 saturated carbocycles. The molecule has 0 bridgehead atoms. The molecule has 0 saturated heterocycles. The van der Waals surface area contributed by atoms with Gasteiger partial charge in [0.1, 0.15) is 5.75 Å². The molecule has 96 valence electrons. The van der Waals surface area contributed by atoms with Gasteiger partial charge in [-0.15, -0.1) is 0 Å². The Labute approximate surface area is 105 Å². The highest BCUT2D eigenvalue weighted by atomic mass is 16.5. The van der Waals surface area contributed by atoms with E-state index in [1.54, 1.807) is 19.2 Å². The smallest absolute Gasteiger partial charge is 0.338 e. The fraction of sp³-hybridized carbons (Fsp3) is 0.308. The maximum absolute atomic E-state index is 11.5. The third-order valence-corrected chi connectivity index (χ3v) is 2.81. The number of nitrogens with zero attached hydrogens (tertiary/aromatic N) is 1. The number of aliphatic hydroxyl groups excluding tert-OH is 1. The Morgan fingerprint density at radius 3 is 2.78 bits per heavy atom. The molecule has 1 heterocycles. The van der Waals surface area contributed by atoms with E-state index in [4.69, 9.17) is 14.6 Å². The first-order valence-corrected chi connectivity index (χ1v) is 5.57. The summed E-state index contributed by atoms with van der Waals surface area (Å²) < 4.78 is 11.9. The zero-order chi connectivity index (χ0) is 13.1. The second kappa shape index (κ2) is 5.10. The Morgan fingerprint density at radius 1 is 1.39 bits per heavy atom. The molecule has 2 aromatic rings. The van der Waals surface area contributed by atoms with E-state index in [-0.39, 0.29) is 6.61 Å². The molecule has 1 N–H and O–H groups in total. The van der Waals surface area contributed by atoms with Crippen LogP contribution >= 0.6 is 0 Å². The van der Waals surface area contributed by atoms with Crippen molar-refractivity contribution in [3.8, 4) is 5.75 Å². The van der Waals surface area contributed by atoms with Gasteiger partial charge in [-0.3, -0.25) is 0 Å². The monoisotopic (exact) mass is 249 g/mol. The zero-order valence-corrected chi connectivity index (χ0v) is 10.3. The van der Waals surface area contributed by atoms with Gasteiger partial charge in [-0.1, -0.05) is 0 Å². The number of benzene rings is 1. The Morgan fingerprint density at radius 2 is 2.17 bits per heavy atom. The van der Waals surface area contributed by atoms with Crippen LogP contribution in [0.5, 0.6) is 5.75 Å². The number of aliphatic hydroxyl groups is 1. The summed E-state index contributed by atoms with van der Waals surface area (Å²) in [4.78, 5) is 11.5. The van der Waals surface area contributed by atoms with Crippen molar-refractivity contribution in [2.24, 2.45) is 0 Å². The number of methoxy groups -OCH3 is 2. The van der Waals surface area contributed by atoms with Crippen LogP contribution in [-0.4, -0.2) is 36.5 Å². The Balaban J connectivity index is 2.61. The summed E-state index contributed by atoms with van der Waals surface area (Å²) in [5, 5.41) is 9.88. The number of carbonyl (C=O) groups is 1. The molecule has 1 aromatic carbocycles. The SMILES string of the molecule is COC(=O)c1cc(OC)c2c(ccn2CCO)c1. The number of esters is 1. The summed E-state index contributed by atoms with van der Waals surface area (Å²) in [6.07, 6.45) is 1.85. The van der Waals surface area contributed by atoms with E-state index < -0.39 is 5.97 Å². The van der Waals surface area contributed by atoms with Gasteiger partial charge in [0.25, 0.3) is 0 Å². The van der Waals surface area contributed by atoms with Crippen molar-refractivity contribution >= 4 is 16.9 Å². The molecule has 0 radical (unpaired) electrons. The largest absolute Gasteiger partial charge is 0.495 e. The average molecular weight is 249 g/mol. The fourth-order valence-electron chi connectivity index (χ4n) is 1.99. The number of aromatic nitrogens is 1. The van der Waals surface area contributed by atoms with E-state index in [0.717, 1.165) is 10.9 Å². The van der Waals surface area contributed by atoms with Crippen molar-refractivity contribution in [3.63, 3.8) is 0 Å². The van der Waals surface area contributed by atoms with Gasteiger partial charge in [0, 0.05) is 18.1 Å². The molecule has 1 aromatic heterocycles. The van der Waals surface area contributed by atoms with Crippen molar-refractivity contribution in [2.45, 2.75) is 6.54 Å². The lowest BCUT2D eigenvalue weighted by molar-refractivity contribution is 0.0600. The van der Waals surface area contributed by atoms with E-state index in [2.05, 4.69) is 0 Å². The van der Waals surface area contributed by atoms with E-state index in [9.17, 15) is 4.79 Å². The van der Waals surface area contributed by atoms with E-state index in [0.29, 0.717) is 17.9 Å². The molecule has 0 amide bonds. The van der Waals surface area contributed by atoms with Gasteiger partial charge < -0.3 is 19.1 Å². The second-order valence-corrected chi connectivity index (χ2v) is 3.84. The first-order chi connectivity index (χ1) is 8.71. The number of fused-ring (bicyclic) bond motifs is 1. The van der Waals surface area contributed by atoms with Crippen LogP contribution in [0.1, 0.15) is 10.4 Å². The van der Waals surface area contributed by atoms with Crippen LogP contribution in [-0.2, 0) is 11.3 Å². The van der Waals surface area contributed by atoms with E-state index in [1.165, 1.54) is 7.11 Å². The van der Waals surface area contributed by atoms with Gasteiger partial charge in [0.2, 0.25) is 0 Å². The number of carbonyl (C=O) groups excluding carboxylic acids is 1. The third-order valence-electron chi connectivity index (χ3n) is 2.81. The predicted molar refractivity (Wildman–Crippen MR) is 66.9 cm³/mol. The summed E-state index contributed by atoms with van der Waals surface area (Å²) in [6.45, 7) is 0.531. The summed E-state index contributed by atoms with van der Waals surface area (Å²) in [7, 11) is 2.89. The summed E-state index contributed by atoms with van der Waals surface area (Å²) in [5.74, 6) is 0.191. The number of hydrogen-bond donors (Lipinski definition) is 1. The zero-order valence-electron chi connectivity index (χ0n) is 10.3. The van der Waals surface area contributed by atoms with Crippen molar-refractivity contribution in [1.82, 2.24) is 4.57 Å². The van der Waals surface area contributed by atoms with Crippen LogP contribution < -0.4 is 4.74 Å². The van der Waals surface area contributed by atoms with Crippen LogP contribution in [0.2, 0.25) is 0 Å². The minimum absolute atomic E-state index is 0.0473. The van der Waals surface area contributed by atoms with Gasteiger partial charge in [-0.05, 0) is 18.2 Å². The molecular formula is C13H15NO4. The Kier molecular flexibility index (Phi) is 3.53. The highest BCUT2D eigenvalue weighted by Gasteiger charge is 2.13. The lowest BCUT2D eigenvalue weighted by atomic mass is 10.1. The molecule has 0 aliphatic rings. The first kappa shape index (κ1) is 12.4. The summed E-state index contributed by atoms with van der Waals surface area (Å²) in [5.41, 5.74) is 1.31. The topological polar surface area (TPSA) is 60.7 Å². The van der Waals surface area contributed by atoms with Gasteiger partial charge in [0.05, 0.1) is 31.9 Å². The van der Waals surface area contributed by atoms with E-state index >= 15 is 0 Å². The highest BCUT2D eigenvalue weighted by Crippen LogP contribution is 2.28. The molecule has 2 rings (SSSR count). The molecule has 0 aliphatic carbocycles. The first-order valence-electron chi connectivity index (χ1n) is 5.57. The quantitative estimate of drug-likeness (QED) is 0.833. The van der Waals surface area contributed by atoms with Crippen LogP contribution in [0.3, 0.4) is 0 Å². The van der Waals surface area contributed by atoms with Crippen LogP contribution in [0, 0.1) is 0 Å². The number of rotatable bonds is 4. The molecule has 18 heavy (non-hydrogen) atoms.